The number of benzene rings is 2. The molecule has 6 nitrogen and oxygen atoms in total. The number of aromatic nitrogens is 1. The lowest BCUT2D eigenvalue weighted by atomic mass is 9.87. The summed E-state index contributed by atoms with van der Waals surface area (Å²) in [6, 6.07) is 14.0. The largest absolute Gasteiger partial charge is 0.482 e. The molecule has 0 aliphatic heterocycles. The van der Waals surface area contributed by atoms with E-state index in [0.29, 0.717) is 22.6 Å². The SMILES string of the molecule is O=C(O)COc1cccc2c1CCCC2NCc1cnc(Oc2ccccc2F)c(Br)c1. The van der Waals surface area contributed by atoms with Crippen LogP contribution in [0.5, 0.6) is 17.4 Å². The predicted molar refractivity (Wildman–Crippen MR) is 121 cm³/mol. The van der Waals surface area contributed by atoms with Crippen molar-refractivity contribution in [1.82, 2.24) is 10.3 Å². The highest BCUT2D eigenvalue weighted by Crippen LogP contribution is 2.36. The van der Waals surface area contributed by atoms with E-state index in [1.165, 1.54) is 6.07 Å². The van der Waals surface area contributed by atoms with E-state index in [1.54, 1.807) is 24.4 Å². The number of carboxylic acids is 1. The number of fused-ring (bicyclic) bond motifs is 1. The average molecular weight is 501 g/mol. The first-order valence-electron chi connectivity index (χ1n) is 10.3. The lowest BCUT2D eigenvalue weighted by Crippen LogP contribution is -2.25. The van der Waals surface area contributed by atoms with Crippen molar-refractivity contribution < 1.29 is 23.8 Å². The monoisotopic (exact) mass is 500 g/mol. The van der Waals surface area contributed by atoms with Crippen LogP contribution in [0.1, 0.15) is 35.6 Å². The topological polar surface area (TPSA) is 80.7 Å². The van der Waals surface area contributed by atoms with Gasteiger partial charge >= 0.3 is 5.97 Å². The van der Waals surface area contributed by atoms with Gasteiger partial charge in [-0.2, -0.15) is 0 Å². The molecule has 0 saturated heterocycles. The van der Waals surface area contributed by atoms with E-state index in [0.717, 1.165) is 36.0 Å². The zero-order valence-corrected chi connectivity index (χ0v) is 18.8. The first-order valence-corrected chi connectivity index (χ1v) is 11.1. The quantitative estimate of drug-likeness (QED) is 0.430. The second-order valence-electron chi connectivity index (χ2n) is 7.50. The molecule has 166 valence electrons. The maximum absolute atomic E-state index is 13.8. The molecule has 1 atom stereocenters. The molecule has 0 bridgehead atoms. The Kier molecular flexibility index (Phi) is 7.02. The molecule has 0 saturated carbocycles. The number of nitrogens with one attached hydrogen (secondary N) is 1. The number of rotatable bonds is 8. The molecule has 1 aliphatic rings. The molecule has 0 amide bonds. The normalized spacial score (nSPS) is 15.1. The fourth-order valence-electron chi connectivity index (χ4n) is 3.81. The molecule has 1 heterocycles. The third kappa shape index (κ3) is 5.26. The van der Waals surface area contributed by atoms with E-state index in [1.807, 2.05) is 18.2 Å². The fourth-order valence-corrected chi connectivity index (χ4v) is 4.29. The highest BCUT2D eigenvalue weighted by molar-refractivity contribution is 9.10. The second-order valence-corrected chi connectivity index (χ2v) is 8.35. The summed E-state index contributed by atoms with van der Waals surface area (Å²) in [5.41, 5.74) is 3.14. The summed E-state index contributed by atoms with van der Waals surface area (Å²) >= 11 is 3.46. The second kappa shape index (κ2) is 10.1. The minimum absolute atomic E-state index is 0.117. The Hall–Kier alpha value is -2.97. The van der Waals surface area contributed by atoms with Gasteiger partial charge < -0.3 is 19.9 Å². The van der Waals surface area contributed by atoms with Crippen LogP contribution >= 0.6 is 15.9 Å². The third-order valence-corrected chi connectivity index (χ3v) is 5.84. The standard InChI is InChI=1S/C24H22BrFN2O4/c25-18-11-15(13-28-24(18)32-22-9-2-1-7-19(22)26)12-27-20-8-3-6-17-16(20)5-4-10-21(17)31-14-23(29)30/h1-2,4-5,7,9-11,13,20,27H,3,6,8,12,14H2,(H,29,30). The van der Waals surface area contributed by atoms with Crippen molar-refractivity contribution in [3.8, 4) is 17.4 Å². The summed E-state index contributed by atoms with van der Waals surface area (Å²) in [7, 11) is 0. The molecule has 3 aromatic rings. The Morgan fingerprint density at radius 3 is 2.81 bits per heavy atom. The van der Waals surface area contributed by atoms with Crippen LogP contribution in [0.25, 0.3) is 0 Å². The Bertz CT molecular complexity index is 1120. The number of halogens is 2. The highest BCUT2D eigenvalue weighted by Gasteiger charge is 2.23. The minimum Gasteiger partial charge on any atom is -0.482 e. The highest BCUT2D eigenvalue weighted by atomic mass is 79.9. The van der Waals surface area contributed by atoms with E-state index in [2.05, 4.69) is 32.3 Å². The lowest BCUT2D eigenvalue weighted by Gasteiger charge is -2.28. The van der Waals surface area contributed by atoms with Gasteiger partial charge in [-0.3, -0.25) is 0 Å². The van der Waals surface area contributed by atoms with Crippen molar-refractivity contribution >= 4 is 21.9 Å². The Morgan fingerprint density at radius 2 is 2.03 bits per heavy atom. The zero-order chi connectivity index (χ0) is 22.5. The van der Waals surface area contributed by atoms with Gasteiger partial charge in [0.1, 0.15) is 5.75 Å². The molecule has 1 aliphatic carbocycles. The van der Waals surface area contributed by atoms with Gasteiger partial charge in [0, 0.05) is 18.8 Å². The molecule has 0 fully saturated rings. The minimum atomic E-state index is -0.992. The van der Waals surface area contributed by atoms with Crippen LogP contribution in [0.15, 0.2) is 59.2 Å². The van der Waals surface area contributed by atoms with Crippen molar-refractivity contribution in [2.45, 2.75) is 31.8 Å². The number of ether oxygens (including phenoxy) is 2. The number of carboxylic acid groups (broad SMARTS) is 1. The van der Waals surface area contributed by atoms with Crippen molar-refractivity contribution in [2.75, 3.05) is 6.61 Å². The maximum atomic E-state index is 13.8. The van der Waals surface area contributed by atoms with Crippen LogP contribution in [0, 0.1) is 5.82 Å². The number of pyridine rings is 1. The molecule has 1 aromatic heterocycles. The molecule has 0 spiro atoms. The maximum Gasteiger partial charge on any atom is 0.341 e. The van der Waals surface area contributed by atoms with Crippen LogP contribution < -0.4 is 14.8 Å². The lowest BCUT2D eigenvalue weighted by molar-refractivity contribution is -0.139. The van der Waals surface area contributed by atoms with E-state index < -0.39 is 11.8 Å². The smallest absolute Gasteiger partial charge is 0.341 e. The van der Waals surface area contributed by atoms with Crippen molar-refractivity contribution in [1.29, 1.82) is 0 Å². The molecule has 2 aromatic carbocycles. The van der Waals surface area contributed by atoms with E-state index in [9.17, 15) is 9.18 Å². The Balaban J connectivity index is 1.43. The van der Waals surface area contributed by atoms with Gasteiger partial charge in [-0.25, -0.2) is 14.2 Å². The molecule has 2 N–H and O–H groups in total. The van der Waals surface area contributed by atoms with Crippen LogP contribution in [0.2, 0.25) is 0 Å². The van der Waals surface area contributed by atoms with E-state index >= 15 is 0 Å². The summed E-state index contributed by atoms with van der Waals surface area (Å²) in [4.78, 5) is 15.2. The summed E-state index contributed by atoms with van der Waals surface area (Å²) in [6.45, 7) is 0.228. The number of carbonyl (C=O) groups is 1. The molecular formula is C24H22BrFN2O4. The first kappa shape index (κ1) is 22.2. The molecule has 32 heavy (non-hydrogen) atoms. The fraction of sp³-hybridized carbons (Fsp3) is 0.250. The van der Waals surface area contributed by atoms with Crippen LogP contribution in [0.3, 0.4) is 0 Å². The summed E-state index contributed by atoms with van der Waals surface area (Å²) in [5, 5.41) is 12.5. The number of hydrogen-bond donors (Lipinski definition) is 2. The number of hydrogen-bond acceptors (Lipinski definition) is 5. The molecule has 1 unspecified atom stereocenters. The Morgan fingerprint density at radius 1 is 1.22 bits per heavy atom. The predicted octanol–water partition coefficient (Wildman–Crippen LogP) is 5.41. The molecular weight excluding hydrogens is 479 g/mol. The van der Waals surface area contributed by atoms with Crippen LogP contribution in [-0.2, 0) is 17.8 Å². The first-order chi connectivity index (χ1) is 15.5. The van der Waals surface area contributed by atoms with E-state index in [4.69, 9.17) is 14.6 Å². The van der Waals surface area contributed by atoms with Gasteiger partial charge in [0.25, 0.3) is 0 Å². The Labute approximate surface area is 193 Å². The van der Waals surface area contributed by atoms with Crippen molar-refractivity contribution in [2.24, 2.45) is 0 Å². The number of aliphatic carboxylic acids is 1. The molecule has 8 heteroatoms. The zero-order valence-electron chi connectivity index (χ0n) is 17.2. The van der Waals surface area contributed by atoms with Crippen LogP contribution in [-0.4, -0.2) is 22.7 Å². The molecule has 0 radical (unpaired) electrons. The third-order valence-electron chi connectivity index (χ3n) is 5.28. The summed E-state index contributed by atoms with van der Waals surface area (Å²) in [6.07, 6.45) is 4.51. The van der Waals surface area contributed by atoms with Gasteiger partial charge in [-0.15, -0.1) is 0 Å². The summed E-state index contributed by atoms with van der Waals surface area (Å²) < 4.78 is 25.5. The van der Waals surface area contributed by atoms with Gasteiger partial charge in [-0.1, -0.05) is 24.3 Å². The molecule has 4 rings (SSSR count). The van der Waals surface area contributed by atoms with Gasteiger partial charge in [0.2, 0.25) is 5.88 Å². The number of para-hydroxylation sites is 1. The van der Waals surface area contributed by atoms with E-state index in [-0.39, 0.29) is 18.4 Å². The van der Waals surface area contributed by atoms with Crippen molar-refractivity contribution in [3.63, 3.8) is 0 Å². The van der Waals surface area contributed by atoms with Crippen LogP contribution in [0.4, 0.5) is 4.39 Å². The van der Waals surface area contributed by atoms with Gasteiger partial charge in [-0.05, 0) is 76.1 Å². The van der Waals surface area contributed by atoms with Crippen molar-refractivity contribution in [3.05, 3.63) is 81.7 Å². The van der Waals surface area contributed by atoms with Gasteiger partial charge in [0.05, 0.1) is 4.47 Å². The average Bonchev–Trinajstić information content (AvgIpc) is 2.79. The number of nitrogens with zero attached hydrogens (tertiary/aromatic N) is 1. The van der Waals surface area contributed by atoms with Gasteiger partial charge in [0.15, 0.2) is 18.2 Å². The summed E-state index contributed by atoms with van der Waals surface area (Å²) in [5.74, 6) is -0.396.